The Morgan fingerprint density at radius 2 is 1.76 bits per heavy atom. The maximum absolute atomic E-state index is 13.5. The van der Waals surface area contributed by atoms with Crippen molar-refractivity contribution in [1.29, 1.82) is 0 Å². The number of ether oxygens (including phenoxy) is 1. The number of alkyl halides is 3. The van der Waals surface area contributed by atoms with Crippen LogP contribution in [0.1, 0.15) is 22.5 Å². The topological polar surface area (TPSA) is 71.5 Å². The molecule has 1 aromatic heterocycles. The van der Waals surface area contributed by atoms with E-state index in [2.05, 4.69) is 10.3 Å². The molecule has 2 aromatic carbocycles. The second-order valence-electron chi connectivity index (χ2n) is 6.47. The molecule has 0 aliphatic rings. The van der Waals surface area contributed by atoms with Gasteiger partial charge in [0.2, 0.25) is 5.88 Å². The van der Waals surface area contributed by atoms with Crippen molar-refractivity contribution in [3.8, 4) is 5.88 Å². The van der Waals surface area contributed by atoms with Crippen molar-refractivity contribution in [2.45, 2.75) is 18.2 Å². The van der Waals surface area contributed by atoms with E-state index in [1.807, 2.05) is 0 Å². The number of amides is 1. The van der Waals surface area contributed by atoms with E-state index in [9.17, 15) is 23.1 Å². The fourth-order valence-corrected chi connectivity index (χ4v) is 3.05. The molecule has 3 aromatic rings. The van der Waals surface area contributed by atoms with Gasteiger partial charge in [-0.1, -0.05) is 48.5 Å². The van der Waals surface area contributed by atoms with Crippen molar-refractivity contribution in [2.75, 3.05) is 13.7 Å². The summed E-state index contributed by atoms with van der Waals surface area (Å²) >= 11 is 0. The lowest BCUT2D eigenvalue weighted by atomic mass is 9.89. The zero-order valence-electron chi connectivity index (χ0n) is 15.5. The molecule has 0 bridgehead atoms. The summed E-state index contributed by atoms with van der Waals surface area (Å²) in [4.78, 5) is 16.6. The van der Waals surface area contributed by atoms with E-state index in [1.54, 1.807) is 30.3 Å². The van der Waals surface area contributed by atoms with E-state index in [-0.39, 0.29) is 17.1 Å². The molecule has 1 amide bonds. The van der Waals surface area contributed by atoms with Crippen molar-refractivity contribution < 1.29 is 27.8 Å². The summed E-state index contributed by atoms with van der Waals surface area (Å²) in [7, 11) is 1.42. The van der Waals surface area contributed by atoms with Crippen LogP contribution in [-0.2, 0) is 5.60 Å². The van der Waals surface area contributed by atoms with Gasteiger partial charge in [-0.15, -0.1) is 0 Å². The molecular formula is C21H19F3N2O3. The molecule has 1 heterocycles. The molecule has 0 saturated heterocycles. The number of rotatable bonds is 6. The Morgan fingerprint density at radius 3 is 2.41 bits per heavy atom. The van der Waals surface area contributed by atoms with Gasteiger partial charge in [-0.2, -0.15) is 13.2 Å². The zero-order chi connectivity index (χ0) is 21.1. The second kappa shape index (κ2) is 8.08. The van der Waals surface area contributed by atoms with E-state index in [0.717, 1.165) is 0 Å². The third kappa shape index (κ3) is 4.17. The fraction of sp³-hybridized carbons (Fsp3) is 0.238. The minimum Gasteiger partial charge on any atom is -0.481 e. The number of fused-ring (bicyclic) bond motifs is 1. The number of carbonyl (C=O) groups excluding carboxylic acids is 1. The van der Waals surface area contributed by atoms with Crippen LogP contribution in [0.5, 0.6) is 5.88 Å². The maximum atomic E-state index is 13.5. The lowest BCUT2D eigenvalue weighted by molar-refractivity contribution is -0.268. The van der Waals surface area contributed by atoms with Gasteiger partial charge in [0.05, 0.1) is 7.11 Å². The van der Waals surface area contributed by atoms with E-state index in [0.29, 0.717) is 10.8 Å². The number of pyridine rings is 1. The summed E-state index contributed by atoms with van der Waals surface area (Å²) in [5.41, 5.74) is -3.35. The predicted molar refractivity (Wildman–Crippen MR) is 102 cm³/mol. The maximum Gasteiger partial charge on any atom is 0.421 e. The summed E-state index contributed by atoms with van der Waals surface area (Å²) < 4.78 is 45.8. The minimum absolute atomic E-state index is 0.0100. The summed E-state index contributed by atoms with van der Waals surface area (Å²) in [6.07, 6.45) is -5.64. The Bertz CT molecular complexity index is 1010. The normalized spacial score (nSPS) is 13.7. The van der Waals surface area contributed by atoms with Crippen molar-refractivity contribution in [3.05, 3.63) is 71.9 Å². The Hall–Kier alpha value is -3.13. The van der Waals surface area contributed by atoms with Crippen LogP contribution in [-0.4, -0.2) is 35.8 Å². The van der Waals surface area contributed by atoms with Gasteiger partial charge >= 0.3 is 6.18 Å². The fourth-order valence-electron chi connectivity index (χ4n) is 3.05. The molecule has 0 fully saturated rings. The molecule has 0 aliphatic heterocycles. The number of methoxy groups -OCH3 is 1. The standard InChI is InChI=1S/C21H19F3N2O3/c1-29-19-16-10-6-5-7-14(16)13-17(26-19)18(27)25-12-11-20(28,21(22,23)24)15-8-3-2-4-9-15/h2-10,13,28H,11-12H2,1H3,(H,25,27). The molecule has 5 nitrogen and oxygen atoms in total. The molecule has 0 saturated carbocycles. The number of aromatic nitrogens is 1. The van der Waals surface area contributed by atoms with Crippen LogP contribution in [0, 0.1) is 0 Å². The number of hydrogen-bond acceptors (Lipinski definition) is 4. The highest BCUT2D eigenvalue weighted by Crippen LogP contribution is 2.41. The lowest BCUT2D eigenvalue weighted by Gasteiger charge is -2.31. The highest BCUT2D eigenvalue weighted by molar-refractivity contribution is 5.98. The van der Waals surface area contributed by atoms with Crippen LogP contribution in [0.4, 0.5) is 13.2 Å². The van der Waals surface area contributed by atoms with Gasteiger partial charge in [0.15, 0.2) is 5.60 Å². The molecular weight excluding hydrogens is 385 g/mol. The number of hydrogen-bond donors (Lipinski definition) is 2. The van der Waals surface area contributed by atoms with Crippen molar-refractivity contribution >= 4 is 16.7 Å². The molecule has 29 heavy (non-hydrogen) atoms. The first-order valence-electron chi connectivity index (χ1n) is 8.83. The predicted octanol–water partition coefficient (Wildman–Crippen LogP) is 3.81. The molecule has 1 atom stereocenters. The van der Waals surface area contributed by atoms with Crippen LogP contribution in [0.25, 0.3) is 10.8 Å². The summed E-state index contributed by atoms with van der Waals surface area (Å²) in [5, 5.41) is 14.1. The van der Waals surface area contributed by atoms with Crippen molar-refractivity contribution in [1.82, 2.24) is 10.3 Å². The molecule has 1 unspecified atom stereocenters. The molecule has 2 N–H and O–H groups in total. The molecule has 0 radical (unpaired) electrons. The highest BCUT2D eigenvalue weighted by Gasteiger charge is 2.54. The van der Waals surface area contributed by atoms with Gasteiger partial charge in [-0.3, -0.25) is 4.79 Å². The number of benzene rings is 2. The molecule has 152 valence electrons. The largest absolute Gasteiger partial charge is 0.481 e. The van der Waals surface area contributed by atoms with Gasteiger partial charge in [0.25, 0.3) is 5.91 Å². The molecule has 0 spiro atoms. The number of nitrogens with one attached hydrogen (secondary N) is 1. The van der Waals surface area contributed by atoms with E-state index in [4.69, 9.17) is 4.74 Å². The first-order valence-corrected chi connectivity index (χ1v) is 8.83. The highest BCUT2D eigenvalue weighted by atomic mass is 19.4. The molecule has 0 aliphatic carbocycles. The minimum atomic E-state index is -4.90. The lowest BCUT2D eigenvalue weighted by Crippen LogP contribution is -2.45. The second-order valence-corrected chi connectivity index (χ2v) is 6.47. The summed E-state index contributed by atoms with van der Waals surface area (Å²) in [6.45, 7) is -0.402. The SMILES string of the molecule is COc1nc(C(=O)NCCC(O)(c2ccccc2)C(F)(F)F)cc2ccccc12. The first kappa shape index (κ1) is 20.6. The number of carbonyl (C=O) groups is 1. The monoisotopic (exact) mass is 404 g/mol. The first-order chi connectivity index (χ1) is 13.8. The van der Waals surface area contributed by atoms with E-state index in [1.165, 1.54) is 37.4 Å². The number of aliphatic hydroxyl groups is 1. The van der Waals surface area contributed by atoms with Gasteiger partial charge < -0.3 is 15.2 Å². The van der Waals surface area contributed by atoms with Crippen molar-refractivity contribution in [3.63, 3.8) is 0 Å². The quantitative estimate of drug-likeness (QED) is 0.655. The van der Waals surface area contributed by atoms with Crippen LogP contribution >= 0.6 is 0 Å². The Morgan fingerprint density at radius 1 is 1.10 bits per heavy atom. The number of nitrogens with zero attached hydrogens (tertiary/aromatic N) is 1. The van der Waals surface area contributed by atoms with Crippen molar-refractivity contribution in [2.24, 2.45) is 0 Å². The van der Waals surface area contributed by atoms with E-state index >= 15 is 0 Å². The number of halogens is 3. The Labute approximate surface area is 165 Å². The average Bonchev–Trinajstić information content (AvgIpc) is 2.72. The van der Waals surface area contributed by atoms with Gasteiger partial charge in [0, 0.05) is 18.4 Å². The van der Waals surface area contributed by atoms with Gasteiger partial charge in [-0.25, -0.2) is 4.98 Å². The van der Waals surface area contributed by atoms with Gasteiger partial charge in [-0.05, 0) is 23.1 Å². The Kier molecular flexibility index (Phi) is 5.74. The van der Waals surface area contributed by atoms with Crippen LogP contribution in [0.3, 0.4) is 0 Å². The summed E-state index contributed by atoms with van der Waals surface area (Å²) in [6, 6.07) is 15.4. The average molecular weight is 404 g/mol. The van der Waals surface area contributed by atoms with Gasteiger partial charge in [0.1, 0.15) is 5.69 Å². The zero-order valence-corrected chi connectivity index (χ0v) is 15.5. The Balaban J connectivity index is 1.77. The molecule has 8 heteroatoms. The third-order valence-electron chi connectivity index (χ3n) is 4.62. The molecule has 3 rings (SSSR count). The smallest absolute Gasteiger partial charge is 0.421 e. The van der Waals surface area contributed by atoms with Crippen LogP contribution < -0.4 is 10.1 Å². The third-order valence-corrected chi connectivity index (χ3v) is 4.62. The van der Waals surface area contributed by atoms with E-state index < -0.39 is 30.7 Å². The van der Waals surface area contributed by atoms with Crippen LogP contribution in [0.15, 0.2) is 60.7 Å². The van der Waals surface area contributed by atoms with Crippen LogP contribution in [0.2, 0.25) is 0 Å². The summed E-state index contributed by atoms with van der Waals surface area (Å²) in [5.74, 6) is -0.420.